The van der Waals surface area contributed by atoms with E-state index in [1.807, 2.05) is 0 Å². The van der Waals surface area contributed by atoms with Crippen LogP contribution in [0.15, 0.2) is 0 Å². The van der Waals surface area contributed by atoms with E-state index in [0.717, 1.165) is 6.04 Å². The molecule has 0 aliphatic carbocycles. The normalized spacial score (nSPS) is 27.8. The molecule has 0 aromatic rings. The number of nitrogens with zero attached hydrogens (tertiary/aromatic N) is 2. The van der Waals surface area contributed by atoms with Gasteiger partial charge in [-0.15, -0.1) is 0 Å². The molecule has 1 heterocycles. The Morgan fingerprint density at radius 2 is 2.09 bits per heavy atom. The SMILES string of the molecule is CCC1CCCCN1N(C)C. The van der Waals surface area contributed by atoms with Gasteiger partial charge < -0.3 is 0 Å². The van der Waals surface area contributed by atoms with Gasteiger partial charge in [0.05, 0.1) is 0 Å². The van der Waals surface area contributed by atoms with Gasteiger partial charge in [0.15, 0.2) is 0 Å². The first-order chi connectivity index (χ1) is 5.25. The van der Waals surface area contributed by atoms with Gasteiger partial charge in [-0.05, 0) is 19.3 Å². The van der Waals surface area contributed by atoms with E-state index in [1.54, 1.807) is 0 Å². The van der Waals surface area contributed by atoms with Gasteiger partial charge >= 0.3 is 0 Å². The zero-order chi connectivity index (χ0) is 8.27. The molecule has 2 nitrogen and oxygen atoms in total. The molecule has 0 saturated carbocycles. The van der Waals surface area contributed by atoms with Gasteiger partial charge in [0, 0.05) is 26.7 Å². The summed E-state index contributed by atoms with van der Waals surface area (Å²) >= 11 is 0. The van der Waals surface area contributed by atoms with E-state index in [4.69, 9.17) is 0 Å². The van der Waals surface area contributed by atoms with Gasteiger partial charge in [-0.2, -0.15) is 0 Å². The lowest BCUT2D eigenvalue weighted by Crippen LogP contribution is -2.47. The number of hydrogen-bond donors (Lipinski definition) is 0. The van der Waals surface area contributed by atoms with Crippen molar-refractivity contribution in [2.75, 3.05) is 20.6 Å². The molecule has 0 amide bonds. The summed E-state index contributed by atoms with van der Waals surface area (Å²) in [5.41, 5.74) is 0. The lowest BCUT2D eigenvalue weighted by atomic mass is 10.0. The predicted octanol–water partition coefficient (Wildman–Crippen LogP) is 1.73. The monoisotopic (exact) mass is 156 g/mol. The van der Waals surface area contributed by atoms with Crippen LogP contribution in [0.4, 0.5) is 0 Å². The van der Waals surface area contributed by atoms with Crippen molar-refractivity contribution in [3.63, 3.8) is 0 Å². The van der Waals surface area contributed by atoms with Crippen molar-refractivity contribution in [1.29, 1.82) is 0 Å². The van der Waals surface area contributed by atoms with Gasteiger partial charge in [-0.25, -0.2) is 10.0 Å². The van der Waals surface area contributed by atoms with Gasteiger partial charge in [-0.1, -0.05) is 13.3 Å². The van der Waals surface area contributed by atoms with Crippen LogP contribution in [-0.4, -0.2) is 36.7 Å². The van der Waals surface area contributed by atoms with E-state index in [2.05, 4.69) is 31.0 Å². The lowest BCUT2D eigenvalue weighted by molar-refractivity contribution is -0.0407. The van der Waals surface area contributed by atoms with Crippen LogP contribution < -0.4 is 0 Å². The second kappa shape index (κ2) is 4.07. The highest BCUT2D eigenvalue weighted by Gasteiger charge is 2.21. The van der Waals surface area contributed by atoms with Crippen molar-refractivity contribution < 1.29 is 0 Å². The lowest BCUT2D eigenvalue weighted by Gasteiger charge is -2.39. The summed E-state index contributed by atoms with van der Waals surface area (Å²) in [4.78, 5) is 0. The third-order valence-electron chi connectivity index (χ3n) is 2.58. The Labute approximate surface area is 70.1 Å². The molecule has 1 fully saturated rings. The Hall–Kier alpha value is -0.0800. The average molecular weight is 156 g/mol. The molecular formula is C9H20N2. The Morgan fingerprint density at radius 3 is 2.55 bits per heavy atom. The van der Waals surface area contributed by atoms with Crippen LogP contribution in [-0.2, 0) is 0 Å². The van der Waals surface area contributed by atoms with Crippen LogP contribution in [0.3, 0.4) is 0 Å². The average Bonchev–Trinajstić information content (AvgIpc) is 2.04. The molecule has 11 heavy (non-hydrogen) atoms. The number of hydrogen-bond acceptors (Lipinski definition) is 2. The quantitative estimate of drug-likeness (QED) is 0.600. The minimum absolute atomic E-state index is 0.804. The summed E-state index contributed by atoms with van der Waals surface area (Å²) in [6.45, 7) is 3.54. The first-order valence-corrected chi connectivity index (χ1v) is 4.69. The molecule has 0 radical (unpaired) electrons. The molecule has 66 valence electrons. The Morgan fingerprint density at radius 1 is 1.36 bits per heavy atom. The summed E-state index contributed by atoms with van der Waals surface area (Å²) in [7, 11) is 4.29. The van der Waals surface area contributed by atoms with Crippen molar-refractivity contribution in [1.82, 2.24) is 10.0 Å². The number of hydrazine groups is 1. The van der Waals surface area contributed by atoms with Crippen LogP contribution >= 0.6 is 0 Å². The molecule has 1 aliphatic rings. The molecule has 1 unspecified atom stereocenters. The van der Waals surface area contributed by atoms with Gasteiger partial charge in [0.2, 0.25) is 0 Å². The van der Waals surface area contributed by atoms with Gasteiger partial charge in [0.25, 0.3) is 0 Å². The summed E-state index contributed by atoms with van der Waals surface area (Å²) in [6.07, 6.45) is 5.46. The molecule has 1 atom stereocenters. The Bertz CT molecular complexity index is 112. The highest BCUT2D eigenvalue weighted by molar-refractivity contribution is 4.72. The smallest absolute Gasteiger partial charge is 0.0243 e. The molecule has 1 aliphatic heterocycles. The Balaban J connectivity index is 2.44. The molecule has 0 N–H and O–H groups in total. The first kappa shape index (κ1) is 9.01. The fourth-order valence-corrected chi connectivity index (χ4v) is 1.93. The maximum atomic E-state index is 2.49. The Kier molecular flexibility index (Phi) is 3.34. The maximum Gasteiger partial charge on any atom is 0.0243 e. The topological polar surface area (TPSA) is 6.48 Å². The molecule has 1 rings (SSSR count). The summed E-state index contributed by atoms with van der Waals surface area (Å²) in [6, 6.07) is 0.804. The molecule has 0 spiro atoms. The third kappa shape index (κ3) is 2.17. The summed E-state index contributed by atoms with van der Waals surface area (Å²) in [5.74, 6) is 0. The van der Waals surface area contributed by atoms with Crippen LogP contribution in [0.1, 0.15) is 32.6 Å². The minimum atomic E-state index is 0.804. The third-order valence-corrected chi connectivity index (χ3v) is 2.58. The predicted molar refractivity (Wildman–Crippen MR) is 48.3 cm³/mol. The maximum absolute atomic E-state index is 2.49. The van der Waals surface area contributed by atoms with Crippen LogP contribution in [0.2, 0.25) is 0 Å². The standard InChI is InChI=1S/C9H20N2/c1-4-9-7-5-6-8-11(9)10(2)3/h9H,4-8H2,1-3H3. The number of piperidine rings is 1. The molecule has 2 heteroatoms. The van der Waals surface area contributed by atoms with E-state index < -0.39 is 0 Å². The second-order valence-electron chi connectivity index (χ2n) is 3.57. The van der Waals surface area contributed by atoms with Crippen molar-refractivity contribution in [2.24, 2.45) is 0 Å². The van der Waals surface area contributed by atoms with E-state index in [9.17, 15) is 0 Å². The van der Waals surface area contributed by atoms with Crippen LogP contribution in [0.25, 0.3) is 0 Å². The van der Waals surface area contributed by atoms with Crippen molar-refractivity contribution >= 4 is 0 Å². The molecule has 0 aromatic heterocycles. The molecule has 1 saturated heterocycles. The molecular weight excluding hydrogens is 136 g/mol. The highest BCUT2D eigenvalue weighted by atomic mass is 15.6. The van der Waals surface area contributed by atoms with E-state index in [1.165, 1.54) is 32.2 Å². The summed E-state index contributed by atoms with van der Waals surface area (Å²) < 4.78 is 0. The van der Waals surface area contributed by atoms with Crippen LogP contribution in [0, 0.1) is 0 Å². The zero-order valence-corrected chi connectivity index (χ0v) is 8.01. The van der Waals surface area contributed by atoms with Crippen molar-refractivity contribution in [2.45, 2.75) is 38.6 Å². The van der Waals surface area contributed by atoms with Crippen molar-refractivity contribution in [3.8, 4) is 0 Å². The fourth-order valence-electron chi connectivity index (χ4n) is 1.93. The zero-order valence-electron chi connectivity index (χ0n) is 8.01. The summed E-state index contributed by atoms with van der Waals surface area (Å²) in [5, 5.41) is 4.73. The van der Waals surface area contributed by atoms with E-state index in [0.29, 0.717) is 0 Å². The number of rotatable bonds is 2. The fraction of sp³-hybridized carbons (Fsp3) is 1.00. The van der Waals surface area contributed by atoms with E-state index >= 15 is 0 Å². The molecule has 0 bridgehead atoms. The molecule has 0 aromatic carbocycles. The van der Waals surface area contributed by atoms with E-state index in [-0.39, 0.29) is 0 Å². The highest BCUT2D eigenvalue weighted by Crippen LogP contribution is 2.19. The first-order valence-electron chi connectivity index (χ1n) is 4.69. The van der Waals surface area contributed by atoms with Crippen molar-refractivity contribution in [3.05, 3.63) is 0 Å². The van der Waals surface area contributed by atoms with Gasteiger partial charge in [-0.3, -0.25) is 0 Å². The second-order valence-corrected chi connectivity index (χ2v) is 3.57. The van der Waals surface area contributed by atoms with Crippen LogP contribution in [0.5, 0.6) is 0 Å². The van der Waals surface area contributed by atoms with Gasteiger partial charge in [0.1, 0.15) is 0 Å². The largest absolute Gasteiger partial charge is 0.248 e. The minimum Gasteiger partial charge on any atom is -0.248 e.